The lowest BCUT2D eigenvalue weighted by atomic mass is 10.1. The van der Waals surface area contributed by atoms with Crippen molar-refractivity contribution in [3.63, 3.8) is 0 Å². The van der Waals surface area contributed by atoms with Gasteiger partial charge in [-0.2, -0.15) is 5.26 Å². The normalized spacial score (nSPS) is 11.1. The second-order valence-corrected chi connectivity index (χ2v) is 10.1. The number of sulfonamides is 1. The standard InChI is InChI=1S/C26H28N4O3S/c1-28(2)16-17-30(20-22-14-12-21(19-27)13-15-22)26(31)23-8-7-11-25(18-23)34(32,33)29(3)24-9-5-4-6-10-24/h4-15,18H,16-17,20H2,1-3H3. The molecule has 3 rings (SSSR count). The summed E-state index contributed by atoms with van der Waals surface area (Å²) in [5, 5.41) is 9.02. The summed E-state index contributed by atoms with van der Waals surface area (Å²) in [6, 6.07) is 24.1. The van der Waals surface area contributed by atoms with Gasteiger partial charge < -0.3 is 9.80 Å². The Labute approximate surface area is 201 Å². The fourth-order valence-corrected chi connectivity index (χ4v) is 4.63. The number of hydrogen-bond donors (Lipinski definition) is 0. The van der Waals surface area contributed by atoms with Crippen LogP contribution in [0.15, 0.2) is 83.8 Å². The van der Waals surface area contributed by atoms with Gasteiger partial charge in [-0.05, 0) is 62.1 Å². The molecule has 0 aliphatic carbocycles. The summed E-state index contributed by atoms with van der Waals surface area (Å²) in [6.07, 6.45) is 0. The van der Waals surface area contributed by atoms with E-state index in [1.807, 2.05) is 37.2 Å². The summed E-state index contributed by atoms with van der Waals surface area (Å²) in [7, 11) is 1.51. The molecule has 0 saturated carbocycles. The Morgan fingerprint density at radius 1 is 0.882 bits per heavy atom. The first-order chi connectivity index (χ1) is 16.2. The number of likely N-dealkylation sites (N-methyl/N-ethyl adjacent to an activating group) is 1. The lowest BCUT2D eigenvalue weighted by molar-refractivity contribution is 0.0731. The molecule has 0 N–H and O–H groups in total. The monoisotopic (exact) mass is 476 g/mol. The average molecular weight is 477 g/mol. The Bertz CT molecular complexity index is 1270. The van der Waals surface area contributed by atoms with Gasteiger partial charge in [0, 0.05) is 32.2 Å². The fraction of sp³-hybridized carbons (Fsp3) is 0.231. The average Bonchev–Trinajstić information content (AvgIpc) is 2.86. The fourth-order valence-electron chi connectivity index (χ4n) is 3.39. The zero-order valence-electron chi connectivity index (χ0n) is 19.5. The van der Waals surface area contributed by atoms with E-state index in [1.165, 1.54) is 23.5 Å². The topological polar surface area (TPSA) is 84.7 Å². The van der Waals surface area contributed by atoms with Gasteiger partial charge in [0.15, 0.2) is 0 Å². The Kier molecular flexibility index (Phi) is 8.05. The van der Waals surface area contributed by atoms with Crippen molar-refractivity contribution in [2.45, 2.75) is 11.4 Å². The molecule has 0 heterocycles. The van der Waals surface area contributed by atoms with Gasteiger partial charge in [0.2, 0.25) is 0 Å². The number of anilines is 1. The molecule has 34 heavy (non-hydrogen) atoms. The van der Waals surface area contributed by atoms with E-state index >= 15 is 0 Å². The van der Waals surface area contributed by atoms with Gasteiger partial charge in [-0.15, -0.1) is 0 Å². The van der Waals surface area contributed by atoms with Gasteiger partial charge in [0.05, 0.1) is 22.2 Å². The number of nitrogens with zero attached hydrogens (tertiary/aromatic N) is 4. The van der Waals surface area contributed by atoms with Crippen molar-refractivity contribution in [1.29, 1.82) is 5.26 Å². The number of nitriles is 1. The predicted molar refractivity (Wildman–Crippen MR) is 133 cm³/mol. The molecule has 176 valence electrons. The zero-order chi connectivity index (χ0) is 24.7. The van der Waals surface area contributed by atoms with Crippen LogP contribution in [0.25, 0.3) is 0 Å². The van der Waals surface area contributed by atoms with Crippen LogP contribution in [-0.2, 0) is 16.6 Å². The molecule has 0 fully saturated rings. The van der Waals surface area contributed by atoms with E-state index in [1.54, 1.807) is 53.4 Å². The molecule has 0 radical (unpaired) electrons. The molecular formula is C26H28N4O3S. The maximum atomic E-state index is 13.5. The highest BCUT2D eigenvalue weighted by Crippen LogP contribution is 2.23. The van der Waals surface area contributed by atoms with Crippen molar-refractivity contribution in [2.75, 3.05) is 38.5 Å². The first kappa shape index (κ1) is 25.0. The highest BCUT2D eigenvalue weighted by Gasteiger charge is 2.24. The van der Waals surface area contributed by atoms with Crippen molar-refractivity contribution < 1.29 is 13.2 Å². The van der Waals surface area contributed by atoms with Crippen molar-refractivity contribution in [1.82, 2.24) is 9.80 Å². The lowest BCUT2D eigenvalue weighted by Crippen LogP contribution is -2.36. The third kappa shape index (κ3) is 6.01. The lowest BCUT2D eigenvalue weighted by Gasteiger charge is -2.25. The van der Waals surface area contributed by atoms with Crippen LogP contribution in [0.5, 0.6) is 0 Å². The SMILES string of the molecule is CN(C)CCN(Cc1ccc(C#N)cc1)C(=O)c1cccc(S(=O)(=O)N(C)c2ccccc2)c1. The number of amides is 1. The van der Waals surface area contributed by atoms with Crippen LogP contribution in [0, 0.1) is 11.3 Å². The maximum absolute atomic E-state index is 13.5. The van der Waals surface area contributed by atoms with Gasteiger partial charge >= 0.3 is 0 Å². The highest BCUT2D eigenvalue weighted by atomic mass is 32.2. The molecule has 7 nitrogen and oxygen atoms in total. The first-order valence-corrected chi connectivity index (χ1v) is 12.2. The van der Waals surface area contributed by atoms with Crippen LogP contribution in [0.1, 0.15) is 21.5 Å². The van der Waals surface area contributed by atoms with Crippen LogP contribution in [0.2, 0.25) is 0 Å². The van der Waals surface area contributed by atoms with Gasteiger partial charge in [0.1, 0.15) is 0 Å². The van der Waals surface area contributed by atoms with E-state index in [0.717, 1.165) is 5.56 Å². The minimum absolute atomic E-state index is 0.0515. The molecule has 0 saturated heterocycles. The van der Waals surface area contributed by atoms with Gasteiger partial charge in [-0.25, -0.2) is 8.42 Å². The van der Waals surface area contributed by atoms with E-state index in [4.69, 9.17) is 5.26 Å². The summed E-state index contributed by atoms with van der Waals surface area (Å²) < 4.78 is 27.6. The van der Waals surface area contributed by atoms with Gasteiger partial charge in [0.25, 0.3) is 15.9 Å². The number of carbonyl (C=O) groups excluding carboxylic acids is 1. The van der Waals surface area contributed by atoms with Crippen molar-refractivity contribution in [3.05, 3.63) is 95.6 Å². The molecule has 0 atom stereocenters. The summed E-state index contributed by atoms with van der Waals surface area (Å²) in [5.41, 5.74) is 2.27. The quantitative estimate of drug-likeness (QED) is 0.471. The van der Waals surface area contributed by atoms with E-state index in [9.17, 15) is 13.2 Å². The molecular weight excluding hydrogens is 448 g/mol. The molecule has 8 heteroatoms. The zero-order valence-corrected chi connectivity index (χ0v) is 20.4. The van der Waals surface area contributed by atoms with E-state index < -0.39 is 10.0 Å². The van der Waals surface area contributed by atoms with Gasteiger partial charge in [-0.1, -0.05) is 36.4 Å². The van der Waals surface area contributed by atoms with Crippen molar-refractivity contribution >= 4 is 21.6 Å². The van der Waals surface area contributed by atoms with Crippen LogP contribution in [0.3, 0.4) is 0 Å². The molecule has 3 aromatic carbocycles. The number of hydrogen-bond acceptors (Lipinski definition) is 5. The maximum Gasteiger partial charge on any atom is 0.264 e. The van der Waals surface area contributed by atoms with E-state index in [0.29, 0.717) is 36.4 Å². The Morgan fingerprint density at radius 2 is 1.56 bits per heavy atom. The second kappa shape index (κ2) is 11.0. The third-order valence-corrected chi connectivity index (χ3v) is 7.20. The van der Waals surface area contributed by atoms with Gasteiger partial charge in [-0.3, -0.25) is 9.10 Å². The Morgan fingerprint density at radius 3 is 2.18 bits per heavy atom. The summed E-state index contributed by atoms with van der Waals surface area (Å²) in [5.74, 6) is -0.259. The molecule has 0 aromatic heterocycles. The molecule has 0 aliphatic heterocycles. The predicted octanol–water partition coefficient (Wildman–Crippen LogP) is 3.59. The minimum Gasteiger partial charge on any atom is -0.333 e. The van der Waals surface area contributed by atoms with Crippen LogP contribution in [-0.4, -0.2) is 58.4 Å². The first-order valence-electron chi connectivity index (χ1n) is 10.8. The molecule has 3 aromatic rings. The smallest absolute Gasteiger partial charge is 0.264 e. The summed E-state index contributed by atoms with van der Waals surface area (Å²) in [4.78, 5) is 17.2. The van der Waals surface area contributed by atoms with Crippen LogP contribution < -0.4 is 4.31 Å². The number of para-hydroxylation sites is 1. The Balaban J connectivity index is 1.89. The molecule has 0 unspecified atom stereocenters. The third-order valence-electron chi connectivity index (χ3n) is 5.42. The van der Waals surface area contributed by atoms with Crippen molar-refractivity contribution in [3.8, 4) is 6.07 Å². The summed E-state index contributed by atoms with van der Waals surface area (Å²) >= 11 is 0. The molecule has 0 spiro atoms. The highest BCUT2D eigenvalue weighted by molar-refractivity contribution is 7.92. The second-order valence-electron chi connectivity index (χ2n) is 8.17. The minimum atomic E-state index is -3.84. The van der Waals surface area contributed by atoms with Crippen LogP contribution in [0.4, 0.5) is 5.69 Å². The van der Waals surface area contributed by atoms with Crippen LogP contribution >= 0.6 is 0 Å². The molecule has 1 amide bonds. The number of rotatable bonds is 9. The number of benzene rings is 3. The molecule has 0 bridgehead atoms. The van der Waals surface area contributed by atoms with E-state index in [-0.39, 0.29) is 10.8 Å². The van der Waals surface area contributed by atoms with E-state index in [2.05, 4.69) is 6.07 Å². The Hall–Kier alpha value is -3.67. The number of carbonyl (C=O) groups is 1. The van der Waals surface area contributed by atoms with Crippen molar-refractivity contribution in [2.24, 2.45) is 0 Å². The summed E-state index contributed by atoms with van der Waals surface area (Å²) in [6.45, 7) is 1.46. The largest absolute Gasteiger partial charge is 0.333 e. The molecule has 0 aliphatic rings.